The minimum atomic E-state index is -1.18. The van der Waals surface area contributed by atoms with Crippen LogP contribution < -0.4 is 0 Å². The zero-order chi connectivity index (χ0) is 41.7. The van der Waals surface area contributed by atoms with Gasteiger partial charge in [-0.15, -0.1) is 11.3 Å². The maximum atomic E-state index is 15.2. The van der Waals surface area contributed by atoms with Crippen LogP contribution >= 0.6 is 11.3 Å². The SMILES string of the molecule is C/C(=C\C[C@H](O)/C(C)=C/c1csc(C)n1)CCC[C@H](C)[C@H](O[SiH2]C(C)(C)C(C)C)[C@@H](Cc1ccccc1)C(=O)C(C)(C)[C@H](CC(=O)O)O[SiH2]C(C)(C)C(C)C. The molecule has 0 bridgehead atoms. The predicted molar refractivity (Wildman–Crippen MR) is 237 cm³/mol. The first-order valence-corrected chi connectivity index (χ1v) is 23.9. The minimum absolute atomic E-state index is 0.0217. The van der Waals surface area contributed by atoms with Gasteiger partial charge in [-0.1, -0.05) is 118 Å². The maximum absolute atomic E-state index is 15.2. The zero-order valence-electron chi connectivity index (χ0n) is 36.7. The first-order chi connectivity index (χ1) is 25.5. The number of aliphatic hydroxyl groups is 1. The first kappa shape index (κ1) is 48.9. The zero-order valence-corrected chi connectivity index (χ0v) is 40.3. The number of carbonyl (C=O) groups excluding carboxylic acids is 1. The van der Waals surface area contributed by atoms with Crippen molar-refractivity contribution in [2.75, 3.05) is 0 Å². The lowest BCUT2D eigenvalue weighted by atomic mass is 9.70. The number of rotatable bonds is 25. The van der Waals surface area contributed by atoms with E-state index in [2.05, 4.69) is 92.4 Å². The number of hydrogen-bond donors (Lipinski definition) is 2. The molecule has 0 radical (unpaired) electrons. The maximum Gasteiger partial charge on any atom is 0.305 e. The van der Waals surface area contributed by atoms with Gasteiger partial charge in [0.1, 0.15) is 5.78 Å². The fourth-order valence-electron chi connectivity index (χ4n) is 6.42. The van der Waals surface area contributed by atoms with Gasteiger partial charge in [-0.3, -0.25) is 9.59 Å². The molecule has 0 amide bonds. The third-order valence-electron chi connectivity index (χ3n) is 12.3. The van der Waals surface area contributed by atoms with E-state index in [-0.39, 0.29) is 34.3 Å². The van der Waals surface area contributed by atoms with Gasteiger partial charge in [0.2, 0.25) is 0 Å². The van der Waals surface area contributed by atoms with Crippen molar-refractivity contribution in [2.24, 2.45) is 29.1 Å². The Morgan fingerprint density at radius 3 is 2.04 bits per heavy atom. The molecular formula is C45H75NO6SSi2. The van der Waals surface area contributed by atoms with Crippen LogP contribution in [-0.4, -0.2) is 64.8 Å². The number of carboxylic acid groups (broad SMARTS) is 1. The summed E-state index contributed by atoms with van der Waals surface area (Å²) in [6.07, 6.45) is 6.04. The molecule has 5 atom stereocenters. The van der Waals surface area contributed by atoms with E-state index in [1.54, 1.807) is 11.3 Å². The molecule has 0 aliphatic heterocycles. The Hall–Kier alpha value is -2.22. The lowest BCUT2D eigenvalue weighted by Gasteiger charge is -2.42. The number of aliphatic hydroxyl groups excluding tert-OH is 1. The van der Waals surface area contributed by atoms with Crippen molar-refractivity contribution < 1.29 is 28.7 Å². The molecule has 0 fully saturated rings. The fraction of sp³-hybridized carbons (Fsp3) is 0.667. The number of hydrogen-bond acceptors (Lipinski definition) is 7. The number of benzene rings is 1. The Morgan fingerprint density at radius 2 is 1.51 bits per heavy atom. The number of carbonyl (C=O) groups is 2. The second kappa shape index (κ2) is 22.1. The molecule has 0 unspecified atom stereocenters. The van der Waals surface area contributed by atoms with Crippen LogP contribution in [-0.2, 0) is 24.9 Å². The number of ketones is 1. The summed E-state index contributed by atoms with van der Waals surface area (Å²) in [5.41, 5.74) is 3.05. The highest BCUT2D eigenvalue weighted by molar-refractivity contribution is 7.09. The highest BCUT2D eigenvalue weighted by Crippen LogP contribution is 2.40. The molecule has 10 heteroatoms. The van der Waals surface area contributed by atoms with Crippen molar-refractivity contribution in [1.82, 2.24) is 4.98 Å². The van der Waals surface area contributed by atoms with Crippen molar-refractivity contribution >= 4 is 48.7 Å². The molecule has 0 aliphatic carbocycles. The topological polar surface area (TPSA) is 106 Å². The number of aromatic nitrogens is 1. The molecule has 7 nitrogen and oxygen atoms in total. The van der Waals surface area contributed by atoms with E-state index in [1.165, 1.54) is 5.57 Å². The monoisotopic (exact) mass is 813 g/mol. The summed E-state index contributed by atoms with van der Waals surface area (Å²) < 4.78 is 13.7. The van der Waals surface area contributed by atoms with Crippen molar-refractivity contribution in [3.05, 3.63) is 69.2 Å². The van der Waals surface area contributed by atoms with Crippen LogP contribution in [0.2, 0.25) is 10.1 Å². The van der Waals surface area contributed by atoms with Crippen molar-refractivity contribution in [3.8, 4) is 0 Å². The second-order valence-corrected chi connectivity index (χ2v) is 24.6. The lowest BCUT2D eigenvalue weighted by Crippen LogP contribution is -2.50. The molecule has 1 heterocycles. The number of aliphatic carboxylic acids is 1. The Morgan fingerprint density at radius 1 is 0.927 bits per heavy atom. The van der Waals surface area contributed by atoms with Crippen LogP contribution in [0.5, 0.6) is 0 Å². The Bertz CT molecular complexity index is 1550. The molecule has 2 aromatic rings. The minimum Gasteiger partial charge on any atom is -0.481 e. The van der Waals surface area contributed by atoms with Crippen LogP contribution in [0.25, 0.3) is 6.08 Å². The van der Waals surface area contributed by atoms with Crippen molar-refractivity contribution in [3.63, 3.8) is 0 Å². The Labute approximate surface area is 343 Å². The molecule has 310 valence electrons. The Kier molecular flexibility index (Phi) is 19.6. The normalized spacial score (nSPS) is 16.7. The van der Waals surface area contributed by atoms with E-state index in [0.717, 1.165) is 41.1 Å². The molecule has 2 rings (SSSR count). The summed E-state index contributed by atoms with van der Waals surface area (Å²) in [7, 11) is -2.26. The second-order valence-electron chi connectivity index (χ2n) is 18.7. The van der Waals surface area contributed by atoms with Crippen LogP contribution in [0.3, 0.4) is 0 Å². The van der Waals surface area contributed by atoms with Gasteiger partial charge >= 0.3 is 5.97 Å². The van der Waals surface area contributed by atoms with Gasteiger partial charge in [0.05, 0.1) is 35.4 Å². The molecule has 0 saturated heterocycles. The predicted octanol–water partition coefficient (Wildman–Crippen LogP) is 9.93. The third-order valence-corrected chi connectivity index (χ3v) is 17.3. The van der Waals surface area contributed by atoms with E-state index >= 15 is 4.79 Å². The number of carboxylic acids is 1. The van der Waals surface area contributed by atoms with Gasteiger partial charge in [0.15, 0.2) is 19.5 Å². The van der Waals surface area contributed by atoms with Crippen LogP contribution in [0, 0.1) is 36.0 Å². The fourth-order valence-corrected chi connectivity index (χ4v) is 10.0. The number of aryl methyl sites for hydroxylation is 1. The molecule has 1 aromatic heterocycles. The van der Waals surface area contributed by atoms with Crippen molar-refractivity contribution in [2.45, 2.75) is 164 Å². The summed E-state index contributed by atoms with van der Waals surface area (Å²) >= 11 is 1.61. The van der Waals surface area contributed by atoms with Gasteiger partial charge < -0.3 is 19.1 Å². The standard InChI is InChI=1S/C45H75NO6SSi2/c1-29(2)44(11,12)54-51-39(27-40(48)49)43(9,10)42(50)37(26-35-21-16-15-17-22-35)41(52-55-45(13,14)30(3)4)32(6)20-18-19-31(5)23-24-38(47)33(7)25-36-28-53-34(8)46-36/h15-17,21-23,25,28-30,32,37-39,41,47H,18-20,24,26-27,54-55H2,1-14H3,(H,48,49)/b31-23+,33-25+/t32-,37+,38-,39-,41-/m0/s1. The molecule has 0 saturated carbocycles. The first-order valence-electron chi connectivity index (χ1n) is 20.4. The van der Waals surface area contributed by atoms with Crippen LogP contribution in [0.1, 0.15) is 138 Å². The highest BCUT2D eigenvalue weighted by atomic mass is 32.1. The van der Waals surface area contributed by atoms with E-state index in [0.29, 0.717) is 24.7 Å². The van der Waals surface area contributed by atoms with Gasteiger partial charge in [-0.25, -0.2) is 4.98 Å². The van der Waals surface area contributed by atoms with Gasteiger partial charge in [0.25, 0.3) is 0 Å². The van der Waals surface area contributed by atoms with Crippen LogP contribution in [0.4, 0.5) is 0 Å². The largest absolute Gasteiger partial charge is 0.481 e. The molecule has 0 spiro atoms. The molecule has 0 aliphatic rings. The van der Waals surface area contributed by atoms with Gasteiger partial charge in [-0.05, 0) is 97.9 Å². The van der Waals surface area contributed by atoms with E-state index in [4.69, 9.17) is 8.85 Å². The van der Waals surface area contributed by atoms with E-state index in [1.807, 2.05) is 57.4 Å². The molecule has 1 aromatic carbocycles. The van der Waals surface area contributed by atoms with Gasteiger partial charge in [-0.2, -0.15) is 0 Å². The summed E-state index contributed by atoms with van der Waals surface area (Å²) in [5, 5.41) is 23.9. The smallest absolute Gasteiger partial charge is 0.305 e. The summed E-state index contributed by atoms with van der Waals surface area (Å²) in [4.78, 5) is 32.0. The van der Waals surface area contributed by atoms with E-state index < -0.39 is 49.0 Å². The quantitative estimate of drug-likeness (QED) is 0.0760. The average Bonchev–Trinajstić information content (AvgIpc) is 3.51. The highest BCUT2D eigenvalue weighted by Gasteiger charge is 2.46. The summed E-state index contributed by atoms with van der Waals surface area (Å²) in [6.45, 7) is 29.8. The molecule has 55 heavy (non-hydrogen) atoms. The van der Waals surface area contributed by atoms with Gasteiger partial charge in [0, 0.05) is 16.7 Å². The average molecular weight is 814 g/mol. The number of allylic oxidation sites excluding steroid dienone is 1. The summed E-state index contributed by atoms with van der Waals surface area (Å²) in [5.74, 6) is -0.498. The van der Waals surface area contributed by atoms with Crippen LogP contribution in [0.15, 0.2) is 52.9 Å². The third kappa shape index (κ3) is 15.9. The van der Waals surface area contributed by atoms with Crippen molar-refractivity contribution in [1.29, 1.82) is 0 Å². The molecular weight excluding hydrogens is 739 g/mol. The number of Topliss-reactive ketones (excluding diaryl/α,β-unsaturated/α-hetero) is 1. The number of nitrogens with zero attached hydrogens (tertiary/aromatic N) is 1. The Balaban J connectivity index is 2.41. The summed E-state index contributed by atoms with van der Waals surface area (Å²) in [6, 6.07) is 10.2. The van der Waals surface area contributed by atoms with E-state index in [9.17, 15) is 15.0 Å². The number of thiazole rings is 1. The lowest BCUT2D eigenvalue weighted by molar-refractivity contribution is -0.146. The molecule has 2 N–H and O–H groups in total.